The second-order valence-corrected chi connectivity index (χ2v) is 1.52. The van der Waals surface area contributed by atoms with Crippen molar-refractivity contribution in [2.75, 3.05) is 0 Å². The zero-order valence-electron chi connectivity index (χ0n) is 4.96. The lowest BCUT2D eigenvalue weighted by Crippen LogP contribution is -1.61. The van der Waals surface area contributed by atoms with Gasteiger partial charge in [0.15, 0.2) is 0 Å². The molecule has 1 aromatic rings. The van der Waals surface area contributed by atoms with Gasteiger partial charge in [-0.1, -0.05) is 0 Å². The van der Waals surface area contributed by atoms with Crippen molar-refractivity contribution in [1.29, 1.82) is 0 Å². The van der Waals surface area contributed by atoms with Gasteiger partial charge in [0.25, 0.3) is 0 Å². The molecule has 0 unspecified atom stereocenters. The molecule has 2 N–H and O–H groups in total. The molecule has 0 bridgehead atoms. The number of benzene rings is 1. The highest BCUT2D eigenvalue weighted by Crippen LogP contribution is 2.13. The van der Waals surface area contributed by atoms with Crippen molar-refractivity contribution in [3.8, 4) is 11.5 Å². The van der Waals surface area contributed by atoms with E-state index in [0.29, 0.717) is 0 Å². The van der Waals surface area contributed by atoms with Crippen molar-refractivity contribution in [1.82, 2.24) is 0 Å². The Balaban J connectivity index is 0.000000371. The third kappa shape index (κ3) is 3.43. The lowest BCUT2D eigenvalue weighted by molar-refractivity contribution is 0.460. The summed E-state index contributed by atoms with van der Waals surface area (Å²) in [5.74, 6) is 0.339. The first kappa shape index (κ1) is 9.40. The van der Waals surface area contributed by atoms with Crippen molar-refractivity contribution >= 4 is 21.7 Å². The number of aromatic hydroxyl groups is 2. The Morgan fingerprint density at radius 1 is 0.800 bits per heavy atom. The summed E-state index contributed by atoms with van der Waals surface area (Å²) in [4.78, 5) is 0. The smallest absolute Gasteiger partial charge is 0.115 e. The van der Waals surface area contributed by atoms with Crippen LogP contribution in [0.3, 0.4) is 0 Å². The largest absolute Gasteiger partial charge is 0.508 e. The molecule has 0 atom stereocenters. The third-order valence-electron chi connectivity index (χ3n) is 0.850. The topological polar surface area (TPSA) is 40.5 Å². The van der Waals surface area contributed by atoms with Gasteiger partial charge in [0, 0.05) is 21.7 Å². The molecular formula is C6H6Cl2O2. The van der Waals surface area contributed by atoms with E-state index in [4.69, 9.17) is 10.2 Å². The van der Waals surface area contributed by atoms with Gasteiger partial charge in [-0.2, -0.15) is 0 Å². The summed E-state index contributed by atoms with van der Waals surface area (Å²) < 4.78 is 0. The van der Waals surface area contributed by atoms with Crippen LogP contribution in [0.4, 0.5) is 0 Å². The fraction of sp³-hybridized carbons (Fsp3) is 0. The third-order valence-corrected chi connectivity index (χ3v) is 0.850. The maximum absolute atomic E-state index is 8.65. The zero-order valence-corrected chi connectivity index (χ0v) is 6.47. The molecule has 0 fully saturated rings. The van der Waals surface area contributed by atoms with E-state index in [1.807, 2.05) is 0 Å². The maximum atomic E-state index is 8.65. The SMILES string of the molecule is ClCl.Oc1ccc(O)cc1. The summed E-state index contributed by atoms with van der Waals surface area (Å²) in [6.45, 7) is 0. The molecule has 0 heterocycles. The molecule has 56 valence electrons. The van der Waals surface area contributed by atoms with Crippen LogP contribution in [0.2, 0.25) is 0 Å². The van der Waals surface area contributed by atoms with Gasteiger partial charge >= 0.3 is 0 Å². The van der Waals surface area contributed by atoms with Crippen LogP contribution in [-0.4, -0.2) is 10.2 Å². The van der Waals surface area contributed by atoms with Crippen LogP contribution < -0.4 is 0 Å². The van der Waals surface area contributed by atoms with Gasteiger partial charge < -0.3 is 10.2 Å². The Bertz CT molecular complexity index is 153. The number of hydrogen-bond acceptors (Lipinski definition) is 2. The lowest BCUT2D eigenvalue weighted by atomic mass is 10.3. The molecule has 0 aromatic heterocycles. The van der Waals surface area contributed by atoms with Crippen molar-refractivity contribution in [2.45, 2.75) is 0 Å². The van der Waals surface area contributed by atoms with E-state index < -0.39 is 0 Å². The molecule has 1 rings (SSSR count). The van der Waals surface area contributed by atoms with Gasteiger partial charge in [0.05, 0.1) is 0 Å². The zero-order chi connectivity index (χ0) is 7.98. The predicted molar refractivity (Wildman–Crippen MR) is 41.5 cm³/mol. The molecule has 1 aromatic carbocycles. The standard InChI is InChI=1S/C6H6O2.Cl2/c7-5-1-2-6(8)4-3-5;1-2/h1-4,7-8H;. The summed E-state index contributed by atoms with van der Waals surface area (Å²) in [5.41, 5.74) is 0. The minimum Gasteiger partial charge on any atom is -0.508 e. The van der Waals surface area contributed by atoms with Gasteiger partial charge in [-0.25, -0.2) is 0 Å². The van der Waals surface area contributed by atoms with Gasteiger partial charge in [0.1, 0.15) is 11.5 Å². The normalized spacial score (nSPS) is 7.80. The minimum atomic E-state index is 0.169. The summed E-state index contributed by atoms with van der Waals surface area (Å²) in [7, 11) is 8.22. The minimum absolute atomic E-state index is 0.169. The molecular weight excluding hydrogens is 175 g/mol. The lowest BCUT2D eigenvalue weighted by Gasteiger charge is -1.88. The molecule has 0 aliphatic heterocycles. The Morgan fingerprint density at radius 2 is 1.00 bits per heavy atom. The first-order chi connectivity index (χ1) is 4.79. The van der Waals surface area contributed by atoms with Crippen LogP contribution in [0.15, 0.2) is 24.3 Å². The van der Waals surface area contributed by atoms with Gasteiger partial charge in [0.2, 0.25) is 0 Å². The number of hydrogen-bond donors (Lipinski definition) is 2. The second-order valence-electron chi connectivity index (χ2n) is 1.52. The Labute approximate surface area is 68.2 Å². The molecule has 10 heavy (non-hydrogen) atoms. The van der Waals surface area contributed by atoms with E-state index in [1.54, 1.807) is 0 Å². The van der Waals surface area contributed by atoms with Crippen LogP contribution in [0.5, 0.6) is 11.5 Å². The highest BCUT2D eigenvalue weighted by molar-refractivity contribution is 6.85. The molecule has 2 nitrogen and oxygen atoms in total. The van der Waals surface area contributed by atoms with E-state index in [9.17, 15) is 0 Å². The first-order valence-electron chi connectivity index (χ1n) is 2.41. The Morgan fingerprint density at radius 3 is 1.20 bits per heavy atom. The van der Waals surface area contributed by atoms with Crippen LogP contribution in [0, 0.1) is 0 Å². The van der Waals surface area contributed by atoms with Gasteiger partial charge in [-0.15, -0.1) is 0 Å². The molecule has 0 aliphatic rings. The number of phenols is 2. The summed E-state index contributed by atoms with van der Waals surface area (Å²) in [6, 6.07) is 5.70. The quantitative estimate of drug-likeness (QED) is 0.603. The number of phenolic OH excluding ortho intramolecular Hbond substituents is 2. The molecule has 0 amide bonds. The molecule has 0 saturated heterocycles. The van der Waals surface area contributed by atoms with Crippen LogP contribution in [0.25, 0.3) is 0 Å². The summed E-state index contributed by atoms with van der Waals surface area (Å²) in [5, 5.41) is 17.3. The van der Waals surface area contributed by atoms with Crippen molar-refractivity contribution in [3.63, 3.8) is 0 Å². The summed E-state index contributed by atoms with van der Waals surface area (Å²) >= 11 is 0. The predicted octanol–water partition coefficient (Wildman–Crippen LogP) is 2.48. The van der Waals surface area contributed by atoms with E-state index in [-0.39, 0.29) is 11.5 Å². The van der Waals surface area contributed by atoms with E-state index in [0.717, 1.165) is 0 Å². The van der Waals surface area contributed by atoms with Crippen LogP contribution in [0.1, 0.15) is 0 Å². The average molecular weight is 181 g/mol. The van der Waals surface area contributed by atoms with Crippen LogP contribution >= 0.6 is 21.7 Å². The number of rotatable bonds is 0. The van der Waals surface area contributed by atoms with Gasteiger partial charge in [-0.3, -0.25) is 0 Å². The van der Waals surface area contributed by atoms with E-state index >= 15 is 0 Å². The molecule has 0 radical (unpaired) electrons. The van der Waals surface area contributed by atoms with Crippen molar-refractivity contribution < 1.29 is 10.2 Å². The fourth-order valence-corrected chi connectivity index (χ4v) is 0.453. The van der Waals surface area contributed by atoms with Crippen LogP contribution in [-0.2, 0) is 0 Å². The molecule has 0 spiro atoms. The fourth-order valence-electron chi connectivity index (χ4n) is 0.453. The number of halogens is 2. The van der Waals surface area contributed by atoms with Crippen molar-refractivity contribution in [2.24, 2.45) is 0 Å². The highest BCUT2D eigenvalue weighted by Gasteiger charge is 1.84. The molecule has 4 heteroatoms. The first-order valence-corrected chi connectivity index (χ1v) is 3.55. The van der Waals surface area contributed by atoms with E-state index in [2.05, 4.69) is 21.7 Å². The second kappa shape index (κ2) is 5.21. The van der Waals surface area contributed by atoms with Crippen molar-refractivity contribution in [3.05, 3.63) is 24.3 Å². The van der Waals surface area contributed by atoms with Gasteiger partial charge in [-0.05, 0) is 24.3 Å². The Kier molecular flexibility index (Phi) is 4.89. The summed E-state index contributed by atoms with van der Waals surface area (Å²) in [6.07, 6.45) is 0. The van der Waals surface area contributed by atoms with E-state index in [1.165, 1.54) is 24.3 Å². The maximum Gasteiger partial charge on any atom is 0.115 e. The highest BCUT2D eigenvalue weighted by atomic mass is 36.5. The molecule has 0 aliphatic carbocycles. The average Bonchev–Trinajstić information content (AvgIpc) is 2.00. The Hall–Kier alpha value is -0.600. The molecule has 0 saturated carbocycles. The monoisotopic (exact) mass is 180 g/mol.